The van der Waals surface area contributed by atoms with Crippen LogP contribution in [0.2, 0.25) is 0 Å². The predicted octanol–water partition coefficient (Wildman–Crippen LogP) is 4.57. The van der Waals surface area contributed by atoms with Gasteiger partial charge < -0.3 is 14.6 Å². The molecule has 1 N–H and O–H groups in total. The Morgan fingerprint density at radius 2 is 1.79 bits per heavy atom. The number of anilines is 1. The third-order valence-corrected chi connectivity index (χ3v) is 9.58. The van der Waals surface area contributed by atoms with Gasteiger partial charge in [-0.15, -0.1) is 0 Å². The number of benzene rings is 1. The van der Waals surface area contributed by atoms with Gasteiger partial charge in [-0.3, -0.25) is 4.79 Å². The Hall–Kier alpha value is -3.00. The van der Waals surface area contributed by atoms with E-state index in [4.69, 9.17) is 9.40 Å². The fraction of sp³-hybridized carbons (Fsp3) is 0.607. The van der Waals surface area contributed by atoms with Gasteiger partial charge in [-0.2, -0.15) is 5.26 Å². The number of rotatable bonds is 5. The van der Waals surface area contributed by atoms with E-state index >= 15 is 0 Å². The number of hydrogen-bond donors (Lipinski definition) is 1. The predicted molar refractivity (Wildman–Crippen MR) is 142 cm³/mol. The van der Waals surface area contributed by atoms with Crippen LogP contribution in [0.3, 0.4) is 0 Å². The molecular formula is C28H34F2N4O4S. The maximum absolute atomic E-state index is 14.6. The molecule has 0 bridgehead atoms. The quantitative estimate of drug-likeness (QED) is 0.570. The monoisotopic (exact) mass is 560 g/mol. The molecule has 210 valence electrons. The van der Waals surface area contributed by atoms with Crippen molar-refractivity contribution in [1.29, 1.82) is 5.26 Å². The molecular weight excluding hydrogens is 526 g/mol. The summed E-state index contributed by atoms with van der Waals surface area (Å²) in [5.41, 5.74) is 0.711. The first-order valence-electron chi connectivity index (χ1n) is 13.4. The topological polar surface area (TPSA) is 116 Å². The molecule has 3 aliphatic rings. The smallest absolute Gasteiger partial charge is 0.249 e. The van der Waals surface area contributed by atoms with Crippen molar-refractivity contribution in [2.75, 3.05) is 29.5 Å². The Balaban J connectivity index is 1.49. The second kappa shape index (κ2) is 9.58. The van der Waals surface area contributed by atoms with Gasteiger partial charge in [-0.25, -0.2) is 22.2 Å². The van der Waals surface area contributed by atoms with Crippen molar-refractivity contribution in [1.82, 2.24) is 10.3 Å². The summed E-state index contributed by atoms with van der Waals surface area (Å²) in [6.07, 6.45) is 0.0935. The molecule has 3 fully saturated rings. The van der Waals surface area contributed by atoms with Gasteiger partial charge in [0.15, 0.2) is 15.7 Å². The van der Waals surface area contributed by atoms with E-state index < -0.39 is 50.9 Å². The third kappa shape index (κ3) is 5.81. The number of nitrogens with one attached hydrogen (secondary N) is 1. The number of amides is 1. The number of sulfone groups is 1. The summed E-state index contributed by atoms with van der Waals surface area (Å²) in [5.74, 6) is -4.13. The second-order valence-electron chi connectivity index (χ2n) is 12.2. The number of nitrogens with zero attached hydrogens (tertiary/aromatic N) is 3. The number of nitriles is 1. The summed E-state index contributed by atoms with van der Waals surface area (Å²) in [5, 5.41) is 12.2. The van der Waals surface area contributed by atoms with Crippen LogP contribution in [-0.4, -0.2) is 55.4 Å². The first-order chi connectivity index (χ1) is 18.2. The molecule has 39 heavy (non-hydrogen) atoms. The van der Waals surface area contributed by atoms with Crippen LogP contribution in [0.4, 0.5) is 14.5 Å². The number of aromatic nitrogens is 1. The molecule has 1 aromatic heterocycles. The van der Waals surface area contributed by atoms with Crippen LogP contribution in [-0.2, 0) is 20.0 Å². The van der Waals surface area contributed by atoms with Gasteiger partial charge in [0.25, 0.3) is 0 Å². The maximum Gasteiger partial charge on any atom is 0.249 e. The SMILES string of the molecule is CC(C)(C)c1nc(-c2ccc(N3CCS(=O)(=O)CC3)cc2)c(C2CCC(F)(F)CC2C(=O)NC2(C#N)CC2)o1. The van der Waals surface area contributed by atoms with Crippen LogP contribution in [0, 0.1) is 17.2 Å². The van der Waals surface area contributed by atoms with Crippen molar-refractivity contribution >= 4 is 21.4 Å². The minimum atomic E-state index is -3.00. The Kier molecular flexibility index (Phi) is 6.77. The minimum Gasteiger partial charge on any atom is -0.444 e. The zero-order valence-corrected chi connectivity index (χ0v) is 23.3. The van der Waals surface area contributed by atoms with Crippen LogP contribution in [0.15, 0.2) is 28.7 Å². The molecule has 11 heteroatoms. The van der Waals surface area contributed by atoms with E-state index in [9.17, 15) is 27.3 Å². The first kappa shape index (κ1) is 27.6. The van der Waals surface area contributed by atoms with E-state index in [2.05, 4.69) is 11.4 Å². The van der Waals surface area contributed by atoms with Gasteiger partial charge in [0.1, 0.15) is 17.0 Å². The van der Waals surface area contributed by atoms with Crippen molar-refractivity contribution in [3.05, 3.63) is 35.9 Å². The molecule has 2 saturated carbocycles. The lowest BCUT2D eigenvalue weighted by molar-refractivity contribution is -0.134. The summed E-state index contributed by atoms with van der Waals surface area (Å²) < 4.78 is 59.1. The molecule has 8 nitrogen and oxygen atoms in total. The molecule has 2 aromatic rings. The molecule has 0 spiro atoms. The molecule has 1 saturated heterocycles. The maximum atomic E-state index is 14.6. The number of oxazole rings is 1. The van der Waals surface area contributed by atoms with Crippen molar-refractivity contribution in [2.45, 2.75) is 75.7 Å². The van der Waals surface area contributed by atoms with Gasteiger partial charge >= 0.3 is 0 Å². The molecule has 2 heterocycles. The third-order valence-electron chi connectivity index (χ3n) is 7.97. The highest BCUT2D eigenvalue weighted by Crippen LogP contribution is 2.49. The number of carbonyl (C=O) groups is 1. The summed E-state index contributed by atoms with van der Waals surface area (Å²) in [6.45, 7) is 6.68. The average Bonchev–Trinajstić information content (AvgIpc) is 3.49. The van der Waals surface area contributed by atoms with Crippen LogP contribution in [0.5, 0.6) is 0 Å². The van der Waals surface area contributed by atoms with E-state index in [0.29, 0.717) is 43.3 Å². The fourth-order valence-electron chi connectivity index (χ4n) is 5.35. The second-order valence-corrected chi connectivity index (χ2v) is 14.5. The largest absolute Gasteiger partial charge is 0.444 e. The molecule has 0 radical (unpaired) electrons. The molecule has 1 amide bonds. The number of halogens is 2. The Bertz CT molecular complexity index is 1390. The highest BCUT2D eigenvalue weighted by molar-refractivity contribution is 7.91. The first-order valence-corrected chi connectivity index (χ1v) is 15.2. The number of carbonyl (C=O) groups excluding carboxylic acids is 1. The highest BCUT2D eigenvalue weighted by atomic mass is 32.2. The van der Waals surface area contributed by atoms with Gasteiger partial charge in [0.05, 0.1) is 23.5 Å². The Morgan fingerprint density at radius 1 is 1.15 bits per heavy atom. The van der Waals surface area contributed by atoms with E-state index in [1.807, 2.05) is 49.9 Å². The number of alkyl halides is 2. The van der Waals surface area contributed by atoms with Crippen molar-refractivity contribution in [2.24, 2.45) is 5.92 Å². The van der Waals surface area contributed by atoms with E-state index in [-0.39, 0.29) is 24.3 Å². The van der Waals surface area contributed by atoms with Gasteiger partial charge in [0.2, 0.25) is 11.8 Å². The average molecular weight is 561 g/mol. The van der Waals surface area contributed by atoms with Crippen LogP contribution in [0.25, 0.3) is 11.3 Å². The molecule has 1 aromatic carbocycles. The summed E-state index contributed by atoms with van der Waals surface area (Å²) >= 11 is 0. The van der Waals surface area contributed by atoms with Crippen LogP contribution < -0.4 is 10.2 Å². The normalized spacial score (nSPS) is 25.5. The van der Waals surface area contributed by atoms with E-state index in [1.165, 1.54) is 0 Å². The van der Waals surface area contributed by atoms with Gasteiger partial charge in [0, 0.05) is 48.5 Å². The van der Waals surface area contributed by atoms with Gasteiger partial charge in [-0.1, -0.05) is 32.9 Å². The summed E-state index contributed by atoms with van der Waals surface area (Å²) in [4.78, 5) is 20.1. The number of hydrogen-bond acceptors (Lipinski definition) is 7. The highest BCUT2D eigenvalue weighted by Gasteiger charge is 2.51. The lowest BCUT2D eigenvalue weighted by Crippen LogP contribution is -2.45. The van der Waals surface area contributed by atoms with Gasteiger partial charge in [-0.05, 0) is 31.4 Å². The van der Waals surface area contributed by atoms with Crippen LogP contribution in [0.1, 0.15) is 70.4 Å². The summed E-state index contributed by atoms with van der Waals surface area (Å²) in [6, 6.07) is 9.63. The van der Waals surface area contributed by atoms with Crippen molar-refractivity contribution in [3.8, 4) is 17.3 Å². The lowest BCUT2D eigenvalue weighted by atomic mass is 9.74. The molecule has 1 aliphatic heterocycles. The lowest BCUT2D eigenvalue weighted by Gasteiger charge is -2.35. The zero-order chi connectivity index (χ0) is 28.2. The van der Waals surface area contributed by atoms with E-state index in [1.54, 1.807) is 0 Å². The molecule has 5 rings (SSSR count). The minimum absolute atomic E-state index is 0.0523. The Morgan fingerprint density at radius 3 is 2.36 bits per heavy atom. The zero-order valence-electron chi connectivity index (χ0n) is 22.5. The molecule has 2 atom stereocenters. The van der Waals surface area contributed by atoms with Crippen LogP contribution >= 0.6 is 0 Å². The standard InChI is InChI=1S/C28H34F2N4O4S/c1-26(2,3)25-32-22(18-4-6-19(7-5-18)34-12-14-39(36,37)15-13-34)23(38-25)20-8-9-28(29,30)16-21(20)24(35)33-27(17-31)10-11-27/h4-7,20-21H,8-16H2,1-3H3,(H,33,35). The van der Waals surface area contributed by atoms with E-state index in [0.717, 1.165) is 11.3 Å². The van der Waals surface area contributed by atoms with Crippen molar-refractivity contribution in [3.63, 3.8) is 0 Å². The fourth-order valence-corrected chi connectivity index (χ4v) is 6.55. The molecule has 2 unspecified atom stereocenters. The summed E-state index contributed by atoms with van der Waals surface area (Å²) in [7, 11) is -3.00. The molecule has 2 aliphatic carbocycles. The van der Waals surface area contributed by atoms with Crippen molar-refractivity contribution < 1.29 is 26.4 Å². The Labute approximate surface area is 227 Å².